The first-order valence-electron chi connectivity index (χ1n) is 7.80. The number of carbonyl (C=O) groups is 1. The molecule has 0 radical (unpaired) electrons. The zero-order chi connectivity index (χ0) is 20.0. The van der Waals surface area contributed by atoms with Crippen LogP contribution in [0.4, 0.5) is 5.69 Å². The molecule has 7 nitrogen and oxygen atoms in total. The highest BCUT2D eigenvalue weighted by molar-refractivity contribution is 7.89. The SMILES string of the molecule is [2H]c1c([2H])c([2H])c(Oc2c(N)cc(C(=O)O)cc2S(N)(=O)=O)c([2H])c1[2H]. The lowest BCUT2D eigenvalue weighted by Crippen LogP contribution is -2.15. The van der Waals surface area contributed by atoms with E-state index in [2.05, 4.69) is 0 Å². The minimum Gasteiger partial charge on any atom is -0.478 e. The Hall–Kier alpha value is -2.58. The maximum Gasteiger partial charge on any atom is 0.335 e. The molecule has 2 aromatic rings. The molecule has 5 N–H and O–H groups in total. The molecule has 110 valence electrons. The van der Waals surface area contributed by atoms with E-state index in [4.69, 9.17) is 27.6 Å². The van der Waals surface area contributed by atoms with Crippen molar-refractivity contribution in [1.29, 1.82) is 0 Å². The third kappa shape index (κ3) is 3.30. The Bertz CT molecular complexity index is 1010. The monoisotopic (exact) mass is 313 g/mol. The average molecular weight is 313 g/mol. The summed E-state index contributed by atoms with van der Waals surface area (Å²) in [6, 6.07) is -1.98. The Kier molecular flexibility index (Phi) is 2.42. The van der Waals surface area contributed by atoms with Gasteiger partial charge in [0.25, 0.3) is 0 Å². The summed E-state index contributed by atoms with van der Waals surface area (Å²) in [4.78, 5) is 10.3. The van der Waals surface area contributed by atoms with Gasteiger partial charge in [0.15, 0.2) is 5.75 Å². The number of nitrogen functional groups attached to an aromatic ring is 1. The molecule has 0 atom stereocenters. The lowest BCUT2D eigenvalue weighted by molar-refractivity contribution is 0.0696. The first-order chi connectivity index (χ1) is 11.9. The lowest BCUT2D eigenvalue weighted by Gasteiger charge is -2.13. The molecule has 8 heteroatoms. The summed E-state index contributed by atoms with van der Waals surface area (Å²) in [6.45, 7) is 0. The van der Waals surface area contributed by atoms with Crippen molar-refractivity contribution in [2.45, 2.75) is 4.90 Å². The third-order valence-corrected chi connectivity index (χ3v) is 3.23. The quantitative estimate of drug-likeness (QED) is 0.731. The Morgan fingerprint density at radius 2 is 1.86 bits per heavy atom. The maximum absolute atomic E-state index is 11.8. The number of primary sulfonamides is 1. The van der Waals surface area contributed by atoms with E-state index in [1.54, 1.807) is 0 Å². The zero-order valence-corrected chi connectivity index (χ0v) is 11.1. The number of para-hydroxylation sites is 1. The molecule has 0 aliphatic heterocycles. The van der Waals surface area contributed by atoms with Gasteiger partial charge in [-0.25, -0.2) is 18.4 Å². The number of sulfonamides is 1. The van der Waals surface area contributed by atoms with E-state index in [1.807, 2.05) is 0 Å². The molecular weight excluding hydrogens is 296 g/mol. The van der Waals surface area contributed by atoms with E-state index in [9.17, 15) is 13.2 Å². The number of hydrogen-bond acceptors (Lipinski definition) is 5. The van der Waals surface area contributed by atoms with E-state index < -0.39 is 73.9 Å². The molecule has 0 heterocycles. The van der Waals surface area contributed by atoms with Crippen LogP contribution in [-0.4, -0.2) is 19.5 Å². The van der Waals surface area contributed by atoms with Gasteiger partial charge in [0.05, 0.1) is 18.1 Å². The van der Waals surface area contributed by atoms with Crippen LogP contribution in [0.1, 0.15) is 17.2 Å². The normalized spacial score (nSPS) is 14.4. The molecular formula is C13H12N2O5S. The minimum absolute atomic E-state index is 0.458. The average Bonchev–Trinajstić information content (AvgIpc) is 2.54. The second-order valence-corrected chi connectivity index (χ2v) is 5.33. The van der Waals surface area contributed by atoms with Crippen LogP contribution < -0.4 is 15.6 Å². The van der Waals surface area contributed by atoms with Crippen molar-refractivity contribution >= 4 is 21.7 Å². The summed E-state index contributed by atoms with van der Waals surface area (Å²) in [5, 5.41) is 14.1. The van der Waals surface area contributed by atoms with Crippen LogP contribution in [0.5, 0.6) is 11.5 Å². The topological polar surface area (TPSA) is 133 Å². The number of carboxylic acids is 1. The molecule has 0 fully saturated rings. The fraction of sp³-hybridized carbons (Fsp3) is 0. The smallest absolute Gasteiger partial charge is 0.335 e. The van der Waals surface area contributed by atoms with Crippen molar-refractivity contribution in [1.82, 2.24) is 0 Å². The Morgan fingerprint density at radius 1 is 1.24 bits per heavy atom. The van der Waals surface area contributed by atoms with Gasteiger partial charge in [-0.3, -0.25) is 0 Å². The van der Waals surface area contributed by atoms with Gasteiger partial charge in [-0.1, -0.05) is 18.1 Å². The van der Waals surface area contributed by atoms with Crippen LogP contribution in [0.25, 0.3) is 0 Å². The number of nitrogens with two attached hydrogens (primary N) is 2. The first kappa shape index (κ1) is 9.37. The van der Waals surface area contributed by atoms with Gasteiger partial charge in [-0.2, -0.15) is 0 Å². The number of benzene rings is 2. The molecule has 21 heavy (non-hydrogen) atoms. The summed E-state index contributed by atoms with van der Waals surface area (Å²) in [5.41, 5.74) is 4.71. The van der Waals surface area contributed by atoms with Crippen LogP contribution in [0.3, 0.4) is 0 Å². The highest BCUT2D eigenvalue weighted by atomic mass is 32.2. The van der Waals surface area contributed by atoms with E-state index in [-0.39, 0.29) is 0 Å². The number of aromatic carboxylic acids is 1. The summed E-state index contributed by atoms with van der Waals surface area (Å²) in [6.07, 6.45) is 0. The third-order valence-electron chi connectivity index (χ3n) is 2.32. The van der Waals surface area contributed by atoms with Crippen LogP contribution in [0.15, 0.2) is 47.2 Å². The highest BCUT2D eigenvalue weighted by Crippen LogP contribution is 2.35. The predicted molar refractivity (Wildman–Crippen MR) is 75.7 cm³/mol. The van der Waals surface area contributed by atoms with Gasteiger partial charge >= 0.3 is 5.97 Å². The Morgan fingerprint density at radius 3 is 2.38 bits per heavy atom. The summed E-state index contributed by atoms with van der Waals surface area (Å²) < 4.78 is 67.0. The number of anilines is 1. The second kappa shape index (κ2) is 5.43. The van der Waals surface area contributed by atoms with Gasteiger partial charge in [0.1, 0.15) is 10.6 Å². The predicted octanol–water partition coefficient (Wildman–Crippen LogP) is 1.41. The van der Waals surface area contributed by atoms with Gasteiger partial charge in [-0.05, 0) is 24.2 Å². The highest BCUT2D eigenvalue weighted by Gasteiger charge is 2.22. The van der Waals surface area contributed by atoms with Gasteiger partial charge < -0.3 is 15.6 Å². The van der Waals surface area contributed by atoms with Crippen LogP contribution in [0.2, 0.25) is 0 Å². The van der Waals surface area contributed by atoms with Crippen LogP contribution in [-0.2, 0) is 10.0 Å². The maximum atomic E-state index is 11.8. The standard InChI is InChI=1S/C13H12N2O5S/c14-10-6-8(13(16)17)7-11(21(15,18)19)12(10)20-9-4-2-1-3-5-9/h1-7H,14H2,(H,16,17)(H2,15,18,19)/i1D,2D,3D,4D,5D. The molecule has 0 aromatic heterocycles. The molecule has 0 saturated carbocycles. The largest absolute Gasteiger partial charge is 0.478 e. The number of ether oxygens (including phenoxy) is 1. The molecule has 0 unspecified atom stereocenters. The first-order valence-corrected chi connectivity index (χ1v) is 6.85. The van der Waals surface area contributed by atoms with E-state index in [0.29, 0.717) is 6.07 Å². The van der Waals surface area contributed by atoms with Crippen molar-refractivity contribution in [2.24, 2.45) is 5.14 Å². The van der Waals surface area contributed by atoms with Crippen molar-refractivity contribution in [3.63, 3.8) is 0 Å². The molecule has 2 rings (SSSR count). The number of rotatable bonds is 4. The number of hydrogen-bond donors (Lipinski definition) is 3. The molecule has 0 aliphatic rings. The van der Waals surface area contributed by atoms with E-state index in [0.717, 1.165) is 6.07 Å². The molecule has 0 aliphatic carbocycles. The Balaban J connectivity index is 2.78. The van der Waals surface area contributed by atoms with Gasteiger partial charge in [-0.15, -0.1) is 0 Å². The second-order valence-electron chi connectivity index (χ2n) is 3.80. The Labute approximate surface area is 127 Å². The van der Waals surface area contributed by atoms with E-state index >= 15 is 0 Å². The molecule has 0 saturated heterocycles. The van der Waals surface area contributed by atoms with Crippen LogP contribution in [0, 0.1) is 0 Å². The lowest BCUT2D eigenvalue weighted by atomic mass is 10.2. The van der Waals surface area contributed by atoms with Crippen LogP contribution >= 0.6 is 0 Å². The molecule has 0 amide bonds. The summed E-state index contributed by atoms with van der Waals surface area (Å²) >= 11 is 0. The molecule has 2 aromatic carbocycles. The molecule has 0 spiro atoms. The zero-order valence-electron chi connectivity index (χ0n) is 15.3. The van der Waals surface area contributed by atoms with Gasteiger partial charge in [0, 0.05) is 0 Å². The van der Waals surface area contributed by atoms with Crippen molar-refractivity contribution in [3.05, 3.63) is 47.9 Å². The van der Waals surface area contributed by atoms with Crippen molar-refractivity contribution in [3.8, 4) is 11.5 Å². The van der Waals surface area contributed by atoms with Crippen molar-refractivity contribution < 1.29 is 29.9 Å². The summed E-state index contributed by atoms with van der Waals surface area (Å²) in [7, 11) is -4.51. The summed E-state index contributed by atoms with van der Waals surface area (Å²) in [5.74, 6) is -2.80. The fourth-order valence-corrected chi connectivity index (χ4v) is 2.17. The number of carboxylic acid groups (broad SMARTS) is 1. The van der Waals surface area contributed by atoms with Gasteiger partial charge in [0.2, 0.25) is 10.0 Å². The molecule has 0 bridgehead atoms. The minimum atomic E-state index is -4.51. The fourth-order valence-electron chi connectivity index (χ4n) is 1.46. The van der Waals surface area contributed by atoms with E-state index in [1.165, 1.54) is 0 Å². The van der Waals surface area contributed by atoms with Crippen molar-refractivity contribution in [2.75, 3.05) is 5.73 Å².